The molecule has 7 rings (SSSR count). The number of carboxylic acids is 1. The topological polar surface area (TPSA) is 151 Å². The van der Waals surface area contributed by atoms with Gasteiger partial charge in [0.25, 0.3) is 11.8 Å². The summed E-state index contributed by atoms with van der Waals surface area (Å²) in [4.78, 5) is 48.5. The first-order valence-corrected chi connectivity index (χ1v) is 17.0. The molecule has 1 aliphatic rings. The van der Waals surface area contributed by atoms with Gasteiger partial charge in [-0.05, 0) is 85.8 Å². The van der Waals surface area contributed by atoms with E-state index in [0.717, 1.165) is 38.2 Å². The van der Waals surface area contributed by atoms with Gasteiger partial charge in [0.05, 0.1) is 18.0 Å². The highest BCUT2D eigenvalue weighted by Crippen LogP contribution is 2.44. The fourth-order valence-corrected chi connectivity index (χ4v) is 7.23. The Morgan fingerprint density at radius 3 is 2.69 bits per heavy atom. The van der Waals surface area contributed by atoms with Gasteiger partial charge < -0.3 is 25.5 Å². The first-order chi connectivity index (χ1) is 23.7. The average molecular weight is 675 g/mol. The Morgan fingerprint density at radius 2 is 1.90 bits per heavy atom. The van der Waals surface area contributed by atoms with Crippen LogP contribution in [0.1, 0.15) is 70.1 Å². The second-order valence-corrected chi connectivity index (χ2v) is 13.0. The Labute approximate surface area is 286 Å². The first-order valence-electron chi connectivity index (χ1n) is 16.1. The second-order valence-electron chi connectivity index (χ2n) is 12.1. The molecule has 248 valence electrons. The highest BCUT2D eigenvalue weighted by molar-refractivity contribution is 7.13. The van der Waals surface area contributed by atoms with Gasteiger partial charge in [-0.2, -0.15) is 5.10 Å². The van der Waals surface area contributed by atoms with Crippen molar-refractivity contribution in [3.05, 3.63) is 94.9 Å². The number of pyridine rings is 1. The zero-order chi connectivity index (χ0) is 34.2. The van der Waals surface area contributed by atoms with Crippen LogP contribution >= 0.6 is 11.3 Å². The summed E-state index contributed by atoms with van der Waals surface area (Å²) >= 11 is 1.56. The van der Waals surface area contributed by atoms with Crippen molar-refractivity contribution in [2.24, 2.45) is 0 Å². The van der Waals surface area contributed by atoms with Crippen molar-refractivity contribution in [2.75, 3.05) is 18.5 Å². The van der Waals surface area contributed by atoms with E-state index in [0.29, 0.717) is 43.0 Å². The molecule has 0 fully saturated rings. The molecule has 5 heterocycles. The van der Waals surface area contributed by atoms with Crippen LogP contribution in [0, 0.1) is 0 Å². The summed E-state index contributed by atoms with van der Waals surface area (Å²) in [6.45, 7) is 6.86. The number of fused-ring (bicyclic) bond motifs is 4. The lowest BCUT2D eigenvalue weighted by molar-refractivity contribution is 0.0691. The average Bonchev–Trinajstić information content (AvgIpc) is 3.86. The van der Waals surface area contributed by atoms with Crippen molar-refractivity contribution in [2.45, 2.75) is 39.7 Å². The molecule has 2 aromatic carbocycles. The van der Waals surface area contributed by atoms with Crippen molar-refractivity contribution in [1.82, 2.24) is 25.1 Å². The Kier molecular flexibility index (Phi) is 8.47. The standard InChI is InChI=1S/C37H34N6O5S/c1-4-13-39-36(45)29-6-5-22(33(41-29)37(46)47)24-19-31-26(34-21(11-16-48-31)12-17-49-34)18-25(24)35(44)42-28-8-7-27-23(9-14-38-27)32(28)30-10-15-40-43(30)20(2)3/h5-10,12,14-15,17-20,38H,4,11,13,16H2,1-3H3,(H,39,45)(H,42,44)(H,46,47). The van der Waals surface area contributed by atoms with Crippen LogP contribution in [0.3, 0.4) is 0 Å². The third-order valence-electron chi connectivity index (χ3n) is 8.54. The van der Waals surface area contributed by atoms with Crippen LogP contribution in [-0.2, 0) is 6.42 Å². The predicted molar refractivity (Wildman–Crippen MR) is 190 cm³/mol. The van der Waals surface area contributed by atoms with Crippen LogP contribution in [0.15, 0.2) is 72.4 Å². The van der Waals surface area contributed by atoms with Crippen molar-refractivity contribution in [1.29, 1.82) is 0 Å². The number of hydrogen-bond acceptors (Lipinski definition) is 7. The number of nitrogens with one attached hydrogen (secondary N) is 3. The van der Waals surface area contributed by atoms with Crippen LogP contribution in [0.5, 0.6) is 5.75 Å². The summed E-state index contributed by atoms with van der Waals surface area (Å²) in [5, 5.41) is 23.7. The number of aromatic carboxylic acids is 1. The monoisotopic (exact) mass is 674 g/mol. The van der Waals surface area contributed by atoms with Crippen LogP contribution in [-0.4, -0.2) is 55.8 Å². The zero-order valence-corrected chi connectivity index (χ0v) is 28.0. The van der Waals surface area contributed by atoms with Crippen LogP contribution in [0.25, 0.3) is 43.7 Å². The van der Waals surface area contributed by atoms with Crippen molar-refractivity contribution < 1.29 is 24.2 Å². The normalized spacial score (nSPS) is 12.2. The Balaban J connectivity index is 1.40. The second kappa shape index (κ2) is 13.0. The predicted octanol–water partition coefficient (Wildman–Crippen LogP) is 7.43. The minimum Gasteiger partial charge on any atom is -0.493 e. The number of benzene rings is 2. The van der Waals surface area contributed by atoms with Crippen molar-refractivity contribution in [3.63, 3.8) is 0 Å². The lowest BCUT2D eigenvalue weighted by Crippen LogP contribution is -2.25. The highest BCUT2D eigenvalue weighted by Gasteiger charge is 2.27. The van der Waals surface area contributed by atoms with E-state index in [1.807, 2.05) is 61.3 Å². The number of carbonyl (C=O) groups excluding carboxylic acids is 2. The maximum absolute atomic E-state index is 14.6. The summed E-state index contributed by atoms with van der Waals surface area (Å²) in [6, 6.07) is 16.2. The Bertz CT molecular complexity index is 2250. The number of carbonyl (C=O) groups is 3. The van der Waals surface area contributed by atoms with Gasteiger partial charge in [-0.1, -0.05) is 6.92 Å². The number of thiophene rings is 1. The molecule has 2 amide bonds. The minimum absolute atomic E-state index is 0.0268. The third kappa shape index (κ3) is 5.84. The molecule has 0 spiro atoms. The molecule has 0 unspecified atom stereocenters. The van der Waals surface area contributed by atoms with E-state index in [4.69, 9.17) is 4.74 Å². The summed E-state index contributed by atoms with van der Waals surface area (Å²) in [7, 11) is 0. The minimum atomic E-state index is -1.33. The number of ether oxygens (including phenoxy) is 1. The molecule has 0 aliphatic carbocycles. The van der Waals surface area contributed by atoms with Gasteiger partial charge in [-0.15, -0.1) is 11.3 Å². The molecule has 11 nitrogen and oxygen atoms in total. The molecule has 0 saturated heterocycles. The lowest BCUT2D eigenvalue weighted by atomic mass is 9.93. The van der Waals surface area contributed by atoms with E-state index in [1.54, 1.807) is 29.7 Å². The Hall–Kier alpha value is -5.75. The van der Waals surface area contributed by atoms with Crippen LogP contribution < -0.4 is 15.4 Å². The van der Waals surface area contributed by atoms with Crippen molar-refractivity contribution >= 4 is 45.7 Å². The van der Waals surface area contributed by atoms with E-state index >= 15 is 0 Å². The van der Waals surface area contributed by atoms with E-state index < -0.39 is 17.8 Å². The maximum atomic E-state index is 14.6. The van der Waals surface area contributed by atoms with Crippen LogP contribution in [0.4, 0.5) is 5.69 Å². The number of H-pyrrole nitrogens is 1. The third-order valence-corrected chi connectivity index (χ3v) is 9.53. The number of hydrogen-bond donors (Lipinski definition) is 4. The fourth-order valence-electron chi connectivity index (χ4n) is 6.25. The van der Waals surface area contributed by atoms with E-state index in [2.05, 4.69) is 31.8 Å². The van der Waals surface area contributed by atoms with Gasteiger partial charge in [0.2, 0.25) is 0 Å². The number of aromatic nitrogens is 4. The van der Waals surface area contributed by atoms with E-state index in [9.17, 15) is 19.5 Å². The SMILES string of the molecule is CCCNC(=O)c1ccc(-c2cc3c(cc2C(=O)Nc2ccc4[nH]ccc4c2-c2ccnn2C(C)C)-c2sccc2CCO3)c(C(=O)O)n1. The fraction of sp³-hybridized carbons (Fsp3) is 0.216. The molecule has 0 saturated carbocycles. The smallest absolute Gasteiger partial charge is 0.355 e. The zero-order valence-electron chi connectivity index (χ0n) is 27.2. The number of amides is 2. The van der Waals surface area contributed by atoms with Crippen molar-refractivity contribution in [3.8, 4) is 38.6 Å². The van der Waals surface area contributed by atoms with Gasteiger partial charge in [0.15, 0.2) is 5.69 Å². The van der Waals surface area contributed by atoms with Gasteiger partial charge in [-0.25, -0.2) is 9.78 Å². The first kappa shape index (κ1) is 31.8. The molecule has 0 radical (unpaired) electrons. The number of aromatic amines is 1. The summed E-state index contributed by atoms with van der Waals surface area (Å²) in [6.07, 6.45) is 5.00. The molecule has 0 bridgehead atoms. The summed E-state index contributed by atoms with van der Waals surface area (Å²) in [5.41, 5.74) is 5.32. The van der Waals surface area contributed by atoms with E-state index in [1.165, 1.54) is 12.1 Å². The molecular formula is C37H34N6O5S. The summed E-state index contributed by atoms with van der Waals surface area (Å²) < 4.78 is 8.09. The number of anilines is 1. The van der Waals surface area contributed by atoms with E-state index in [-0.39, 0.29) is 28.6 Å². The Morgan fingerprint density at radius 1 is 1.04 bits per heavy atom. The van der Waals surface area contributed by atoms with Crippen LogP contribution in [0.2, 0.25) is 0 Å². The number of rotatable bonds is 9. The summed E-state index contributed by atoms with van der Waals surface area (Å²) in [5.74, 6) is -1.72. The largest absolute Gasteiger partial charge is 0.493 e. The number of carboxylic acid groups (broad SMARTS) is 1. The van der Waals surface area contributed by atoms with Gasteiger partial charge in [0.1, 0.15) is 11.4 Å². The molecular weight excluding hydrogens is 641 g/mol. The molecule has 6 aromatic rings. The quantitative estimate of drug-likeness (QED) is 0.125. The molecule has 1 aliphatic heterocycles. The maximum Gasteiger partial charge on any atom is 0.355 e. The van der Waals surface area contributed by atoms with Gasteiger partial charge in [-0.3, -0.25) is 14.3 Å². The van der Waals surface area contributed by atoms with Gasteiger partial charge >= 0.3 is 5.97 Å². The van der Waals surface area contributed by atoms with Gasteiger partial charge in [0, 0.05) is 75.0 Å². The molecule has 49 heavy (non-hydrogen) atoms. The molecule has 0 atom stereocenters. The number of nitrogens with zero attached hydrogens (tertiary/aromatic N) is 3. The molecule has 12 heteroatoms. The molecule has 4 N–H and O–H groups in total. The highest BCUT2D eigenvalue weighted by atomic mass is 32.1. The lowest BCUT2D eigenvalue weighted by Gasteiger charge is -2.19. The molecule has 4 aromatic heterocycles.